The summed E-state index contributed by atoms with van der Waals surface area (Å²) < 4.78 is 8.93. The first-order valence-electron chi connectivity index (χ1n) is 15.5. The van der Waals surface area contributed by atoms with E-state index in [1.165, 1.54) is 21.5 Å². The molecule has 0 saturated heterocycles. The van der Waals surface area contributed by atoms with Gasteiger partial charge in [-0.2, -0.15) is 0 Å². The molecule has 4 nitrogen and oxygen atoms in total. The van der Waals surface area contributed by atoms with E-state index in [4.69, 9.17) is 14.4 Å². The summed E-state index contributed by atoms with van der Waals surface area (Å²) in [5.74, 6) is 0.139. The lowest BCUT2D eigenvalue weighted by Crippen LogP contribution is -2.01. The van der Waals surface area contributed by atoms with Crippen LogP contribution in [0.2, 0.25) is 0 Å². The number of benzene rings is 5. The number of hydrogen-bond donors (Lipinski definition) is 0. The van der Waals surface area contributed by atoms with Gasteiger partial charge in [0.1, 0.15) is 22.3 Å². The van der Waals surface area contributed by atoms with Crippen molar-refractivity contribution in [1.82, 2.24) is 14.4 Å². The minimum Gasteiger partial charge on any atom is -0.455 e. The average molecular weight is 580 g/mol. The molecule has 0 radical (unpaired) electrons. The number of imidazole rings is 1. The highest BCUT2D eigenvalue weighted by molar-refractivity contribution is 6.28. The topological polar surface area (TPSA) is 43.3 Å². The van der Waals surface area contributed by atoms with Crippen LogP contribution in [0.3, 0.4) is 0 Å². The molecule has 4 heterocycles. The zero-order valence-electron chi connectivity index (χ0n) is 24.9. The second-order valence-corrected chi connectivity index (χ2v) is 11.7. The first kappa shape index (κ1) is 25.7. The number of hydrogen-bond acceptors (Lipinski definition) is 3. The van der Waals surface area contributed by atoms with Crippen LogP contribution in [-0.4, -0.2) is 14.4 Å². The molecule has 0 spiro atoms. The smallest absolute Gasteiger partial charge is 0.143 e. The molecule has 1 atom stereocenters. The summed E-state index contributed by atoms with van der Waals surface area (Å²) in [5, 5.41) is 8.13. The molecular formula is C41H29N3O. The highest BCUT2D eigenvalue weighted by Crippen LogP contribution is 2.44. The number of nitrogens with zero attached hydrogens (tertiary/aromatic N) is 3. The fourth-order valence-electron chi connectivity index (χ4n) is 7.10. The van der Waals surface area contributed by atoms with Gasteiger partial charge in [-0.3, -0.25) is 4.40 Å². The maximum Gasteiger partial charge on any atom is 0.143 e. The van der Waals surface area contributed by atoms with E-state index in [-0.39, 0.29) is 5.92 Å². The molecule has 0 bridgehead atoms. The molecule has 214 valence electrons. The third-order valence-corrected chi connectivity index (χ3v) is 9.20. The van der Waals surface area contributed by atoms with Crippen molar-refractivity contribution < 1.29 is 4.42 Å². The summed E-state index contributed by atoms with van der Waals surface area (Å²) in [6.07, 6.45) is 9.04. The van der Waals surface area contributed by atoms with Gasteiger partial charge in [0.15, 0.2) is 0 Å². The number of furan rings is 1. The molecule has 0 N–H and O–H groups in total. The van der Waals surface area contributed by atoms with Crippen molar-refractivity contribution in [3.05, 3.63) is 140 Å². The number of rotatable bonds is 5. The van der Waals surface area contributed by atoms with Gasteiger partial charge in [-0.15, -0.1) is 0 Å². The van der Waals surface area contributed by atoms with E-state index in [9.17, 15) is 0 Å². The van der Waals surface area contributed by atoms with E-state index >= 15 is 0 Å². The third kappa shape index (κ3) is 3.79. The molecule has 45 heavy (non-hydrogen) atoms. The van der Waals surface area contributed by atoms with Crippen molar-refractivity contribution in [2.24, 2.45) is 0 Å². The van der Waals surface area contributed by atoms with Crippen molar-refractivity contribution >= 4 is 71.1 Å². The Morgan fingerprint density at radius 3 is 2.44 bits per heavy atom. The first-order chi connectivity index (χ1) is 22.2. The van der Waals surface area contributed by atoms with Crippen molar-refractivity contribution in [3.8, 4) is 11.1 Å². The standard InChI is InChI=1S/C41H29N3O/c1-3-5-12-25(4-2)38-40-39(43-35-17-10-11-22-44(35)40)32-24-28(18-20-33(32)42-38)31-23-27-14-7-9-16-30(27)37-36-29-15-8-6-13-26(29)19-21-34(36)45-41(31)37/h3,5-25H,1,4H2,2H3/b12-5-. The molecule has 1 unspecified atom stereocenters. The molecule has 5 aromatic carbocycles. The number of aromatic nitrogens is 3. The molecule has 0 aliphatic rings. The van der Waals surface area contributed by atoms with E-state index < -0.39 is 0 Å². The molecule has 0 saturated carbocycles. The zero-order valence-corrected chi connectivity index (χ0v) is 24.9. The molecule has 0 amide bonds. The van der Waals surface area contributed by atoms with Crippen LogP contribution in [0.1, 0.15) is 25.0 Å². The van der Waals surface area contributed by atoms with E-state index in [1.54, 1.807) is 0 Å². The lowest BCUT2D eigenvalue weighted by atomic mass is 9.93. The number of fused-ring (bicyclic) bond motifs is 12. The van der Waals surface area contributed by atoms with Crippen molar-refractivity contribution in [3.63, 3.8) is 0 Å². The van der Waals surface area contributed by atoms with Crippen molar-refractivity contribution in [2.75, 3.05) is 0 Å². The Kier molecular flexibility index (Phi) is 5.66. The maximum absolute atomic E-state index is 6.75. The second kappa shape index (κ2) is 9.90. The fraction of sp³-hybridized carbons (Fsp3) is 0.0732. The van der Waals surface area contributed by atoms with Gasteiger partial charge in [0.25, 0.3) is 0 Å². The minimum absolute atomic E-state index is 0.139. The first-order valence-corrected chi connectivity index (χ1v) is 15.5. The van der Waals surface area contributed by atoms with Crippen molar-refractivity contribution in [2.45, 2.75) is 19.3 Å². The van der Waals surface area contributed by atoms with Gasteiger partial charge in [0.05, 0.1) is 16.7 Å². The van der Waals surface area contributed by atoms with Crippen LogP contribution < -0.4 is 0 Å². The third-order valence-electron chi connectivity index (χ3n) is 9.20. The Hall–Kier alpha value is -5.74. The average Bonchev–Trinajstić information content (AvgIpc) is 3.68. The Labute approximate surface area is 259 Å². The molecule has 4 aromatic heterocycles. The predicted molar refractivity (Wildman–Crippen MR) is 188 cm³/mol. The van der Waals surface area contributed by atoms with Gasteiger partial charge in [0.2, 0.25) is 0 Å². The van der Waals surface area contributed by atoms with Gasteiger partial charge in [-0.1, -0.05) is 98.5 Å². The van der Waals surface area contributed by atoms with Crippen molar-refractivity contribution in [1.29, 1.82) is 0 Å². The van der Waals surface area contributed by atoms with Gasteiger partial charge >= 0.3 is 0 Å². The Morgan fingerprint density at radius 1 is 0.800 bits per heavy atom. The summed E-state index contributed by atoms with van der Waals surface area (Å²) >= 11 is 0. The highest BCUT2D eigenvalue weighted by atomic mass is 16.3. The van der Waals surface area contributed by atoms with E-state index in [2.05, 4.69) is 127 Å². The van der Waals surface area contributed by atoms with E-state index in [0.717, 1.165) is 72.8 Å². The molecule has 9 rings (SSSR count). The summed E-state index contributed by atoms with van der Waals surface area (Å²) in [5.41, 5.74) is 8.82. The minimum atomic E-state index is 0.139. The van der Waals surface area contributed by atoms with Crippen LogP contribution in [0.4, 0.5) is 0 Å². The quantitative estimate of drug-likeness (QED) is 0.191. The monoisotopic (exact) mass is 579 g/mol. The molecule has 0 fully saturated rings. The summed E-state index contributed by atoms with van der Waals surface area (Å²) in [6, 6.07) is 36.4. The number of pyridine rings is 2. The van der Waals surface area contributed by atoms with E-state index in [1.807, 2.05) is 18.2 Å². The van der Waals surface area contributed by atoms with Crippen LogP contribution in [0.25, 0.3) is 82.2 Å². The Bertz CT molecular complexity index is 2670. The summed E-state index contributed by atoms with van der Waals surface area (Å²) in [6.45, 7) is 6.09. The van der Waals surface area contributed by atoms with Gasteiger partial charge in [-0.05, 0) is 69.9 Å². The normalized spacial score (nSPS) is 13.0. The summed E-state index contributed by atoms with van der Waals surface area (Å²) in [7, 11) is 0. The zero-order chi connectivity index (χ0) is 30.1. The number of allylic oxidation sites excluding steroid dienone is 3. The van der Waals surface area contributed by atoms with Gasteiger partial charge in [-0.25, -0.2) is 9.97 Å². The summed E-state index contributed by atoms with van der Waals surface area (Å²) in [4.78, 5) is 10.5. The van der Waals surface area contributed by atoms with Crippen LogP contribution in [0.5, 0.6) is 0 Å². The SMILES string of the molecule is C=C/C=C\C(CC)c1nc2ccc(-c3cc4ccccc4c4c3oc3ccc5ccccc5c34)cc2c2nc3ccccn3c12. The Balaban J connectivity index is 1.38. The molecule has 4 heteroatoms. The van der Waals surface area contributed by atoms with Crippen LogP contribution in [-0.2, 0) is 0 Å². The molecule has 9 aromatic rings. The van der Waals surface area contributed by atoms with Crippen LogP contribution >= 0.6 is 0 Å². The largest absolute Gasteiger partial charge is 0.455 e. The van der Waals surface area contributed by atoms with Gasteiger partial charge in [0, 0.05) is 33.8 Å². The highest BCUT2D eigenvalue weighted by Gasteiger charge is 2.22. The molecule has 0 aliphatic heterocycles. The van der Waals surface area contributed by atoms with E-state index in [0.29, 0.717) is 0 Å². The van der Waals surface area contributed by atoms with Gasteiger partial charge < -0.3 is 4.42 Å². The second-order valence-electron chi connectivity index (χ2n) is 11.7. The Morgan fingerprint density at radius 2 is 1.60 bits per heavy atom. The lowest BCUT2D eigenvalue weighted by molar-refractivity contribution is 0.670. The maximum atomic E-state index is 6.75. The van der Waals surface area contributed by atoms with Crippen LogP contribution in [0.15, 0.2) is 139 Å². The lowest BCUT2D eigenvalue weighted by Gasteiger charge is -2.14. The predicted octanol–water partition coefficient (Wildman–Crippen LogP) is 11.1. The molecular weight excluding hydrogens is 550 g/mol. The fourth-order valence-corrected chi connectivity index (χ4v) is 7.10. The van der Waals surface area contributed by atoms with Crippen LogP contribution in [0, 0.1) is 0 Å². The molecule has 0 aliphatic carbocycles.